The summed E-state index contributed by atoms with van der Waals surface area (Å²) in [5.41, 5.74) is 0.218. The summed E-state index contributed by atoms with van der Waals surface area (Å²) in [5.74, 6) is -1.93. The number of carboxylic acids is 1. The molecule has 3 heterocycles. The van der Waals surface area contributed by atoms with E-state index >= 15 is 4.39 Å². The van der Waals surface area contributed by atoms with Gasteiger partial charge >= 0.3 is 11.9 Å². The number of carbonyl (C=O) groups is 2. The summed E-state index contributed by atoms with van der Waals surface area (Å²) in [6.07, 6.45) is 8.44. The maximum Gasteiger partial charge on any atom is 0.341 e. The van der Waals surface area contributed by atoms with E-state index in [1.54, 1.807) is 16.3 Å². The zero-order valence-electron chi connectivity index (χ0n) is 25.1. The lowest BCUT2D eigenvalue weighted by Crippen LogP contribution is -2.56. The number of nitrogens with zero attached hydrogens (tertiary/aromatic N) is 3. The topological polar surface area (TPSA) is 113 Å². The number of thioether (sulfide) groups is 1. The van der Waals surface area contributed by atoms with E-state index in [4.69, 9.17) is 21.7 Å². The molecule has 10 nitrogen and oxygen atoms in total. The highest BCUT2D eigenvalue weighted by Crippen LogP contribution is 2.48. The number of nitrogens with one attached hydrogen (secondary N) is 1. The van der Waals surface area contributed by atoms with Gasteiger partial charge in [-0.2, -0.15) is 0 Å². The highest BCUT2D eigenvalue weighted by molar-refractivity contribution is 8.04. The van der Waals surface area contributed by atoms with Gasteiger partial charge in [0, 0.05) is 49.1 Å². The van der Waals surface area contributed by atoms with Crippen LogP contribution in [-0.4, -0.2) is 76.8 Å². The van der Waals surface area contributed by atoms with E-state index in [0.717, 1.165) is 49.6 Å². The summed E-state index contributed by atoms with van der Waals surface area (Å²) in [4.78, 5) is 41.7. The molecule has 3 atom stereocenters. The number of thiocarbonyl (C=S) groups is 1. The molecule has 1 saturated heterocycles. The van der Waals surface area contributed by atoms with Crippen LogP contribution in [-0.2, 0) is 9.53 Å². The average molecular weight is 645 g/mol. The summed E-state index contributed by atoms with van der Waals surface area (Å²) in [6.45, 7) is 3.33. The van der Waals surface area contributed by atoms with E-state index in [0.29, 0.717) is 41.1 Å². The zero-order valence-corrected chi connectivity index (χ0v) is 26.7. The quantitative estimate of drug-likeness (QED) is 0.339. The molecular formula is C31H37FN4O6S2. The summed E-state index contributed by atoms with van der Waals surface area (Å²) in [6, 6.07) is 1.04. The number of aromatic nitrogens is 1. The molecule has 44 heavy (non-hydrogen) atoms. The fourth-order valence-electron chi connectivity index (χ4n) is 6.93. The number of esters is 1. The third-order valence-electron chi connectivity index (χ3n) is 9.24. The Balaban J connectivity index is 1.27. The highest BCUT2D eigenvalue weighted by Gasteiger charge is 2.41. The van der Waals surface area contributed by atoms with Crippen molar-refractivity contribution in [1.82, 2.24) is 14.8 Å². The number of hydrogen-bond donors (Lipinski definition) is 2. The third-order valence-corrected chi connectivity index (χ3v) is 11.0. The van der Waals surface area contributed by atoms with Gasteiger partial charge in [-0.1, -0.05) is 19.3 Å². The van der Waals surface area contributed by atoms with Gasteiger partial charge in [-0.3, -0.25) is 4.79 Å². The molecule has 1 aromatic heterocycles. The minimum Gasteiger partial charge on any atom is -0.492 e. The predicted octanol–water partition coefficient (Wildman–Crippen LogP) is 4.65. The number of anilines is 1. The van der Waals surface area contributed by atoms with Crippen molar-refractivity contribution in [1.29, 1.82) is 0 Å². The second-order valence-corrected chi connectivity index (χ2v) is 13.6. The number of hydrogen-bond acceptors (Lipinski definition) is 8. The maximum absolute atomic E-state index is 15.9. The molecule has 0 spiro atoms. The molecule has 0 unspecified atom stereocenters. The van der Waals surface area contributed by atoms with Crippen LogP contribution in [0.5, 0.6) is 5.75 Å². The van der Waals surface area contributed by atoms with Gasteiger partial charge in [-0.15, -0.1) is 11.8 Å². The van der Waals surface area contributed by atoms with E-state index in [-0.39, 0.29) is 46.4 Å². The van der Waals surface area contributed by atoms with E-state index in [9.17, 15) is 19.5 Å². The number of methoxy groups -OCH3 is 2. The number of fused-ring (bicyclic) bond motifs is 2. The van der Waals surface area contributed by atoms with Crippen molar-refractivity contribution in [2.75, 3.05) is 38.8 Å². The van der Waals surface area contributed by atoms with Crippen LogP contribution in [0.4, 0.5) is 10.1 Å². The van der Waals surface area contributed by atoms with E-state index in [2.05, 4.69) is 5.32 Å². The van der Waals surface area contributed by atoms with Crippen molar-refractivity contribution < 1.29 is 28.6 Å². The molecule has 2 N–H and O–H groups in total. The molecule has 3 fully saturated rings. The minimum absolute atomic E-state index is 0.00743. The molecule has 2 aliphatic heterocycles. The van der Waals surface area contributed by atoms with Crippen molar-refractivity contribution in [3.8, 4) is 5.75 Å². The number of aromatic carboxylic acids is 1. The number of ether oxygens (including phenoxy) is 2. The molecule has 4 aliphatic rings. The molecule has 236 valence electrons. The lowest BCUT2D eigenvalue weighted by molar-refractivity contribution is -0.136. The normalized spacial score (nSPS) is 23.8. The Hall–Kier alpha value is -3.32. The first kappa shape index (κ1) is 30.7. The molecule has 2 aromatic rings. The third kappa shape index (κ3) is 5.42. The molecule has 0 radical (unpaired) electrons. The first-order valence-corrected chi connectivity index (χ1v) is 16.4. The lowest BCUT2D eigenvalue weighted by Gasteiger charge is -2.42. The first-order chi connectivity index (χ1) is 21.1. The van der Waals surface area contributed by atoms with Gasteiger partial charge < -0.3 is 34.3 Å². The summed E-state index contributed by atoms with van der Waals surface area (Å²) in [5, 5.41) is 14.6. The van der Waals surface area contributed by atoms with Crippen molar-refractivity contribution in [3.63, 3.8) is 0 Å². The maximum atomic E-state index is 15.9. The van der Waals surface area contributed by atoms with Gasteiger partial charge in [0.15, 0.2) is 16.7 Å². The fourth-order valence-corrected chi connectivity index (χ4v) is 8.91. The van der Waals surface area contributed by atoms with Crippen LogP contribution in [0.2, 0.25) is 0 Å². The molecule has 2 saturated carbocycles. The molecule has 6 rings (SSSR count). The number of rotatable bonds is 6. The van der Waals surface area contributed by atoms with Crippen molar-refractivity contribution in [2.24, 2.45) is 5.92 Å². The number of carbonyl (C=O) groups excluding carboxylic acids is 1. The Kier molecular flexibility index (Phi) is 8.53. The van der Waals surface area contributed by atoms with Crippen LogP contribution in [0.15, 0.2) is 27.7 Å². The molecule has 0 amide bonds. The van der Waals surface area contributed by atoms with Gasteiger partial charge in [0.1, 0.15) is 11.3 Å². The largest absolute Gasteiger partial charge is 0.492 e. The monoisotopic (exact) mass is 644 g/mol. The molecule has 13 heteroatoms. The number of pyridine rings is 1. The van der Waals surface area contributed by atoms with Gasteiger partial charge in [0.05, 0.1) is 35.7 Å². The van der Waals surface area contributed by atoms with Crippen molar-refractivity contribution in [3.05, 3.63) is 44.5 Å². The van der Waals surface area contributed by atoms with E-state index < -0.39 is 17.2 Å². The van der Waals surface area contributed by atoms with E-state index in [1.165, 1.54) is 26.8 Å². The zero-order chi connectivity index (χ0) is 31.3. The standard InChI is InChI=1S/C31H37FN4O6S2/c1-16-14-34(11-12-35(16)31(43)33-28-23(30(40)42-3)18-7-5-4-6-8-22(18)44-28)25-21(32)13-19-24(27(25)41-2)36(17-9-10-17)15-20(26(19)37)29(38)39/h13,15-18,22H,4-12,14H2,1-3H3,(H,33,43)(H,38,39)/t16-,18+,22+/m0/s1. The van der Waals surface area contributed by atoms with Crippen molar-refractivity contribution in [2.45, 2.75) is 69.2 Å². The molecule has 2 aliphatic carbocycles. The number of halogens is 1. The smallest absolute Gasteiger partial charge is 0.341 e. The van der Waals surface area contributed by atoms with Crippen LogP contribution in [0, 0.1) is 11.7 Å². The molecular weight excluding hydrogens is 607 g/mol. The molecule has 0 bridgehead atoms. The minimum atomic E-state index is -1.34. The van der Waals surface area contributed by atoms with Crippen LogP contribution in [0.1, 0.15) is 68.3 Å². The summed E-state index contributed by atoms with van der Waals surface area (Å²) >= 11 is 7.54. The Labute approximate surface area is 264 Å². The summed E-state index contributed by atoms with van der Waals surface area (Å²) < 4.78 is 28.6. The van der Waals surface area contributed by atoms with Gasteiger partial charge in [0.25, 0.3) is 0 Å². The number of piperazine rings is 1. The lowest BCUT2D eigenvalue weighted by atomic mass is 9.92. The number of benzene rings is 1. The SMILES string of the molecule is COC(=O)C1=C(NC(=S)N2CCN(c3c(F)cc4c(=O)c(C(=O)O)cn(C5CC5)c4c3OC)C[C@@H]2C)S[C@@H]2CCCCC[C@@H]12. The average Bonchev–Trinajstić information content (AvgIpc) is 3.82. The fraction of sp³-hybridized carbons (Fsp3) is 0.548. The van der Waals surface area contributed by atoms with E-state index in [1.807, 2.05) is 16.7 Å². The van der Waals surface area contributed by atoms with Gasteiger partial charge in [0.2, 0.25) is 5.43 Å². The Morgan fingerprint density at radius 1 is 1.14 bits per heavy atom. The predicted molar refractivity (Wildman–Crippen MR) is 171 cm³/mol. The Morgan fingerprint density at radius 2 is 1.89 bits per heavy atom. The summed E-state index contributed by atoms with van der Waals surface area (Å²) in [7, 11) is 2.85. The highest BCUT2D eigenvalue weighted by atomic mass is 32.2. The second-order valence-electron chi connectivity index (χ2n) is 12.0. The van der Waals surface area contributed by atoms with Gasteiger partial charge in [-0.05, 0) is 50.9 Å². The number of carboxylic acid groups (broad SMARTS) is 1. The Morgan fingerprint density at radius 3 is 2.55 bits per heavy atom. The second kappa shape index (κ2) is 12.2. The van der Waals surface area contributed by atoms with Crippen LogP contribution < -0.4 is 20.4 Å². The van der Waals surface area contributed by atoms with Gasteiger partial charge in [-0.25, -0.2) is 14.0 Å². The van der Waals surface area contributed by atoms with Crippen molar-refractivity contribution >= 4 is 57.6 Å². The van der Waals surface area contributed by atoms with Crippen LogP contribution in [0.25, 0.3) is 10.9 Å². The molecule has 1 aromatic carbocycles. The van der Waals surface area contributed by atoms with Crippen LogP contribution in [0.3, 0.4) is 0 Å². The van der Waals surface area contributed by atoms with Crippen LogP contribution >= 0.6 is 24.0 Å². The first-order valence-electron chi connectivity index (χ1n) is 15.1. The Bertz CT molecular complexity index is 1620.